The molecular formula is C22H19ClN2O2S. The van der Waals surface area contributed by atoms with Crippen LogP contribution in [0.1, 0.15) is 16.7 Å². The standard InChI is InChI=1S/C22H19ClN2O2S/c23-20-7-5-17(6-8-20)15-24-21-9-11-22(12-10-21)28(26,27)25-14-13-18-3-1-2-4-19(18)16-25/h1-12,15H,13-14,16H2. The predicted molar refractivity (Wildman–Crippen MR) is 113 cm³/mol. The van der Waals surface area contributed by atoms with Crippen LogP contribution in [0.4, 0.5) is 5.69 Å². The van der Waals surface area contributed by atoms with Crippen molar-refractivity contribution in [3.8, 4) is 0 Å². The summed E-state index contributed by atoms with van der Waals surface area (Å²) < 4.78 is 27.5. The second kappa shape index (κ2) is 7.87. The van der Waals surface area contributed by atoms with Crippen LogP contribution < -0.4 is 0 Å². The van der Waals surface area contributed by atoms with E-state index >= 15 is 0 Å². The molecule has 0 N–H and O–H groups in total. The Morgan fingerprint density at radius 2 is 1.57 bits per heavy atom. The highest BCUT2D eigenvalue weighted by Crippen LogP contribution is 2.26. The van der Waals surface area contributed by atoms with E-state index in [0.717, 1.165) is 17.5 Å². The molecule has 1 aliphatic rings. The minimum Gasteiger partial charge on any atom is -0.256 e. The van der Waals surface area contributed by atoms with Crippen molar-refractivity contribution in [1.82, 2.24) is 4.31 Å². The van der Waals surface area contributed by atoms with E-state index in [2.05, 4.69) is 11.1 Å². The fraction of sp³-hybridized carbons (Fsp3) is 0.136. The molecule has 4 nitrogen and oxygen atoms in total. The van der Waals surface area contributed by atoms with Gasteiger partial charge in [-0.05, 0) is 59.5 Å². The summed E-state index contributed by atoms with van der Waals surface area (Å²) in [4.78, 5) is 4.68. The lowest BCUT2D eigenvalue weighted by atomic mass is 10.0. The van der Waals surface area contributed by atoms with Gasteiger partial charge in [0.2, 0.25) is 10.0 Å². The van der Waals surface area contributed by atoms with Crippen LogP contribution in [-0.2, 0) is 23.0 Å². The van der Waals surface area contributed by atoms with Gasteiger partial charge in [0.05, 0.1) is 10.6 Å². The molecule has 0 saturated carbocycles. The zero-order valence-electron chi connectivity index (χ0n) is 15.1. The molecule has 1 heterocycles. The van der Waals surface area contributed by atoms with E-state index in [4.69, 9.17) is 11.6 Å². The fourth-order valence-electron chi connectivity index (χ4n) is 3.23. The van der Waals surface area contributed by atoms with Crippen LogP contribution in [0.3, 0.4) is 0 Å². The number of rotatable bonds is 4. The quantitative estimate of drug-likeness (QED) is 0.578. The van der Waals surface area contributed by atoms with Crippen molar-refractivity contribution in [3.63, 3.8) is 0 Å². The first kappa shape index (κ1) is 18.9. The van der Waals surface area contributed by atoms with Gasteiger partial charge in [0.25, 0.3) is 0 Å². The molecule has 0 saturated heterocycles. The molecule has 0 aliphatic carbocycles. The number of fused-ring (bicyclic) bond motifs is 1. The van der Waals surface area contributed by atoms with E-state index < -0.39 is 10.0 Å². The molecule has 28 heavy (non-hydrogen) atoms. The highest BCUT2D eigenvalue weighted by Gasteiger charge is 2.27. The Hall–Kier alpha value is -2.47. The maximum Gasteiger partial charge on any atom is 0.243 e. The maximum atomic E-state index is 13.0. The number of benzene rings is 3. The van der Waals surface area contributed by atoms with Gasteiger partial charge in [0.15, 0.2) is 0 Å². The van der Waals surface area contributed by atoms with Gasteiger partial charge < -0.3 is 0 Å². The highest BCUT2D eigenvalue weighted by atomic mass is 35.5. The van der Waals surface area contributed by atoms with E-state index in [1.807, 2.05) is 30.3 Å². The Morgan fingerprint density at radius 3 is 2.29 bits per heavy atom. The van der Waals surface area contributed by atoms with Crippen molar-refractivity contribution < 1.29 is 8.42 Å². The number of halogens is 1. The molecular weight excluding hydrogens is 392 g/mol. The van der Waals surface area contributed by atoms with Crippen molar-refractivity contribution in [3.05, 3.63) is 94.5 Å². The van der Waals surface area contributed by atoms with Gasteiger partial charge in [-0.3, -0.25) is 4.99 Å². The maximum absolute atomic E-state index is 13.0. The lowest BCUT2D eigenvalue weighted by molar-refractivity contribution is 0.391. The molecule has 1 aliphatic heterocycles. The van der Waals surface area contributed by atoms with Crippen LogP contribution in [-0.4, -0.2) is 25.5 Å². The third-order valence-corrected chi connectivity index (χ3v) is 6.91. The summed E-state index contributed by atoms with van der Waals surface area (Å²) >= 11 is 5.88. The molecule has 142 valence electrons. The third kappa shape index (κ3) is 4.02. The van der Waals surface area contributed by atoms with Crippen LogP contribution in [0, 0.1) is 0 Å². The predicted octanol–water partition coefficient (Wildman–Crippen LogP) is 4.84. The average molecular weight is 411 g/mol. The molecule has 3 aromatic carbocycles. The third-order valence-electron chi connectivity index (χ3n) is 4.80. The van der Waals surface area contributed by atoms with Crippen molar-refractivity contribution >= 4 is 33.5 Å². The number of hydrogen-bond donors (Lipinski definition) is 0. The molecule has 0 unspecified atom stereocenters. The number of nitrogens with zero attached hydrogens (tertiary/aromatic N) is 2. The van der Waals surface area contributed by atoms with Crippen LogP contribution >= 0.6 is 11.6 Å². The second-order valence-corrected chi connectivity index (χ2v) is 9.04. The van der Waals surface area contributed by atoms with Gasteiger partial charge in [-0.15, -0.1) is 0 Å². The summed E-state index contributed by atoms with van der Waals surface area (Å²) in [7, 11) is -3.53. The molecule has 6 heteroatoms. The minimum atomic E-state index is -3.53. The number of sulfonamides is 1. The Balaban J connectivity index is 1.51. The first-order valence-electron chi connectivity index (χ1n) is 8.99. The molecule has 0 spiro atoms. The molecule has 3 aromatic rings. The summed E-state index contributed by atoms with van der Waals surface area (Å²) in [6, 6.07) is 22.0. The van der Waals surface area contributed by atoms with Gasteiger partial charge >= 0.3 is 0 Å². The van der Waals surface area contributed by atoms with Crippen molar-refractivity contribution in [1.29, 1.82) is 0 Å². The molecule has 0 atom stereocenters. The number of aliphatic imine (C=N–C) groups is 1. The molecule has 0 fully saturated rings. The Labute approximate surface area is 170 Å². The SMILES string of the molecule is O=S(=O)(c1ccc(N=Cc2ccc(Cl)cc2)cc1)N1CCc2ccccc2C1. The Bertz CT molecular complexity index is 1110. The van der Waals surface area contributed by atoms with Crippen LogP contribution in [0.25, 0.3) is 0 Å². The summed E-state index contributed by atoms with van der Waals surface area (Å²) in [5, 5.41) is 0.673. The Kier molecular flexibility index (Phi) is 5.31. The largest absolute Gasteiger partial charge is 0.256 e. The van der Waals surface area contributed by atoms with Gasteiger partial charge in [-0.1, -0.05) is 48.0 Å². The minimum absolute atomic E-state index is 0.289. The van der Waals surface area contributed by atoms with E-state index in [9.17, 15) is 8.42 Å². The summed E-state index contributed by atoms with van der Waals surface area (Å²) in [6.45, 7) is 0.908. The normalized spacial score (nSPS) is 14.9. The summed E-state index contributed by atoms with van der Waals surface area (Å²) in [5.74, 6) is 0. The number of hydrogen-bond acceptors (Lipinski definition) is 3. The molecule has 0 aromatic heterocycles. The molecule has 4 rings (SSSR count). The summed E-state index contributed by atoms with van der Waals surface area (Å²) in [5.41, 5.74) is 3.91. The first-order valence-corrected chi connectivity index (χ1v) is 10.8. The van der Waals surface area contributed by atoms with E-state index in [1.165, 1.54) is 5.56 Å². The Morgan fingerprint density at radius 1 is 0.893 bits per heavy atom. The lowest BCUT2D eigenvalue weighted by Crippen LogP contribution is -2.35. The molecule has 0 amide bonds. The van der Waals surface area contributed by atoms with Gasteiger partial charge in [0, 0.05) is 24.3 Å². The van der Waals surface area contributed by atoms with E-state index in [-0.39, 0.29) is 4.90 Å². The lowest BCUT2D eigenvalue weighted by Gasteiger charge is -2.28. The van der Waals surface area contributed by atoms with E-state index in [1.54, 1.807) is 46.9 Å². The van der Waals surface area contributed by atoms with Crippen molar-refractivity contribution in [2.24, 2.45) is 4.99 Å². The van der Waals surface area contributed by atoms with Gasteiger partial charge in [-0.2, -0.15) is 4.31 Å². The van der Waals surface area contributed by atoms with Crippen molar-refractivity contribution in [2.75, 3.05) is 6.54 Å². The zero-order chi connectivity index (χ0) is 19.6. The molecule has 0 bridgehead atoms. The highest BCUT2D eigenvalue weighted by molar-refractivity contribution is 7.89. The molecule has 0 radical (unpaired) electrons. The average Bonchev–Trinajstić information content (AvgIpc) is 2.73. The zero-order valence-corrected chi connectivity index (χ0v) is 16.7. The van der Waals surface area contributed by atoms with Crippen LogP contribution in [0.5, 0.6) is 0 Å². The smallest absolute Gasteiger partial charge is 0.243 e. The van der Waals surface area contributed by atoms with Gasteiger partial charge in [0.1, 0.15) is 0 Å². The fourth-order valence-corrected chi connectivity index (χ4v) is 4.77. The van der Waals surface area contributed by atoms with Crippen molar-refractivity contribution in [2.45, 2.75) is 17.9 Å². The topological polar surface area (TPSA) is 49.7 Å². The van der Waals surface area contributed by atoms with Crippen LogP contribution in [0.2, 0.25) is 5.02 Å². The van der Waals surface area contributed by atoms with E-state index in [0.29, 0.717) is 23.8 Å². The van der Waals surface area contributed by atoms with Gasteiger partial charge in [-0.25, -0.2) is 8.42 Å². The van der Waals surface area contributed by atoms with Crippen LogP contribution in [0.15, 0.2) is 82.7 Å². The second-order valence-electron chi connectivity index (χ2n) is 6.66. The first-order chi connectivity index (χ1) is 13.5. The summed E-state index contributed by atoms with van der Waals surface area (Å²) in [6.07, 6.45) is 2.46. The monoisotopic (exact) mass is 410 g/mol.